The van der Waals surface area contributed by atoms with Crippen LogP contribution in [0.2, 0.25) is 0 Å². The number of nitrogens with one attached hydrogen (secondary N) is 1. The Hall–Kier alpha value is -1.42. The van der Waals surface area contributed by atoms with Crippen molar-refractivity contribution >= 4 is 17.0 Å². The Balaban J connectivity index is 2.06. The zero-order valence-corrected chi connectivity index (χ0v) is 8.66. The number of anilines is 1. The zero-order chi connectivity index (χ0) is 9.80. The lowest BCUT2D eigenvalue weighted by Gasteiger charge is -2.11. The highest BCUT2D eigenvalue weighted by Gasteiger charge is 2.06. The highest BCUT2D eigenvalue weighted by Crippen LogP contribution is 2.19. The van der Waals surface area contributed by atoms with Crippen molar-refractivity contribution in [3.05, 3.63) is 41.1 Å². The first kappa shape index (κ1) is 9.15. The fraction of sp³-hybridized carbons (Fsp3) is 0.200. The predicted molar refractivity (Wildman–Crippen MR) is 58.4 cm³/mol. The maximum atomic E-state index is 4.25. The van der Waals surface area contributed by atoms with Gasteiger partial charge >= 0.3 is 0 Å². The summed E-state index contributed by atoms with van der Waals surface area (Å²) in [4.78, 5) is 8.29. The molecule has 2 rings (SSSR count). The molecule has 2 heterocycles. The van der Waals surface area contributed by atoms with Gasteiger partial charge in [-0.1, -0.05) is 0 Å². The molecule has 0 radical (unpaired) electrons. The molecule has 0 fully saturated rings. The molecule has 1 N–H and O–H groups in total. The molecule has 0 saturated heterocycles. The lowest BCUT2D eigenvalue weighted by molar-refractivity contribution is 0.868. The number of hydrogen-bond donors (Lipinski definition) is 1. The van der Waals surface area contributed by atoms with Gasteiger partial charge in [-0.2, -0.15) is 0 Å². The summed E-state index contributed by atoms with van der Waals surface area (Å²) >= 11 is 1.66. The zero-order valence-electron chi connectivity index (χ0n) is 7.84. The third kappa shape index (κ3) is 2.09. The Bertz CT molecular complexity index is 372. The summed E-state index contributed by atoms with van der Waals surface area (Å²) in [5.74, 6) is 0. The van der Waals surface area contributed by atoms with Crippen LogP contribution in [0.5, 0.6) is 0 Å². The molecule has 4 heteroatoms. The maximum absolute atomic E-state index is 4.25. The van der Waals surface area contributed by atoms with Crippen LogP contribution >= 0.6 is 11.3 Å². The van der Waals surface area contributed by atoms with Gasteiger partial charge in [-0.25, -0.2) is 4.98 Å². The van der Waals surface area contributed by atoms with Gasteiger partial charge in [0.15, 0.2) is 0 Å². The summed E-state index contributed by atoms with van der Waals surface area (Å²) in [5, 5.41) is 6.40. The Kier molecular flexibility index (Phi) is 2.74. The van der Waals surface area contributed by atoms with Crippen molar-refractivity contribution in [1.29, 1.82) is 0 Å². The van der Waals surface area contributed by atoms with Crippen LogP contribution in [0.25, 0.3) is 0 Å². The Morgan fingerprint density at radius 3 is 3.00 bits per heavy atom. The summed E-state index contributed by atoms with van der Waals surface area (Å²) in [6.45, 7) is 2.09. The molecule has 0 aliphatic rings. The highest BCUT2D eigenvalue weighted by atomic mass is 32.1. The van der Waals surface area contributed by atoms with Crippen molar-refractivity contribution in [2.45, 2.75) is 13.0 Å². The van der Waals surface area contributed by atoms with Crippen LogP contribution in [0.3, 0.4) is 0 Å². The van der Waals surface area contributed by atoms with Gasteiger partial charge in [0.1, 0.15) is 5.01 Å². The van der Waals surface area contributed by atoms with Crippen molar-refractivity contribution in [2.75, 3.05) is 5.32 Å². The highest BCUT2D eigenvalue weighted by molar-refractivity contribution is 7.09. The molecule has 1 atom stereocenters. The lowest BCUT2D eigenvalue weighted by Crippen LogP contribution is -2.05. The fourth-order valence-electron chi connectivity index (χ4n) is 1.21. The van der Waals surface area contributed by atoms with E-state index < -0.39 is 0 Å². The van der Waals surface area contributed by atoms with E-state index in [1.54, 1.807) is 17.5 Å². The summed E-state index contributed by atoms with van der Waals surface area (Å²) in [6.07, 6.45) is 5.39. The second kappa shape index (κ2) is 4.19. The quantitative estimate of drug-likeness (QED) is 0.837. The molecule has 0 amide bonds. The van der Waals surface area contributed by atoms with Crippen molar-refractivity contribution < 1.29 is 0 Å². The van der Waals surface area contributed by atoms with E-state index in [1.807, 2.05) is 29.9 Å². The summed E-state index contributed by atoms with van der Waals surface area (Å²) < 4.78 is 0. The molecule has 0 aliphatic carbocycles. The monoisotopic (exact) mass is 205 g/mol. The Labute approximate surface area is 86.8 Å². The third-order valence-electron chi connectivity index (χ3n) is 1.87. The topological polar surface area (TPSA) is 37.8 Å². The maximum Gasteiger partial charge on any atom is 0.115 e. The van der Waals surface area contributed by atoms with Gasteiger partial charge in [0.2, 0.25) is 0 Å². The SMILES string of the molecule is CC(Nc1cccnc1)c1nccs1. The van der Waals surface area contributed by atoms with Crippen LogP contribution in [0, 0.1) is 0 Å². The predicted octanol–water partition coefficient (Wildman–Crippen LogP) is 2.71. The molecule has 0 spiro atoms. The standard InChI is InChI=1S/C10H11N3S/c1-8(10-12-5-6-14-10)13-9-3-2-4-11-7-9/h2-8,13H,1H3. The Morgan fingerprint density at radius 1 is 1.43 bits per heavy atom. The molecular weight excluding hydrogens is 194 g/mol. The molecule has 72 valence electrons. The van der Waals surface area contributed by atoms with Crippen LogP contribution in [-0.4, -0.2) is 9.97 Å². The van der Waals surface area contributed by atoms with Gasteiger partial charge in [0.05, 0.1) is 11.7 Å². The molecule has 0 bridgehead atoms. The van der Waals surface area contributed by atoms with E-state index in [9.17, 15) is 0 Å². The molecule has 0 aromatic carbocycles. The molecule has 1 unspecified atom stereocenters. The normalized spacial score (nSPS) is 12.4. The van der Waals surface area contributed by atoms with Crippen molar-refractivity contribution in [3.63, 3.8) is 0 Å². The van der Waals surface area contributed by atoms with E-state index in [0.717, 1.165) is 10.7 Å². The van der Waals surface area contributed by atoms with Crippen molar-refractivity contribution in [1.82, 2.24) is 9.97 Å². The van der Waals surface area contributed by atoms with Gasteiger partial charge in [-0.15, -0.1) is 11.3 Å². The van der Waals surface area contributed by atoms with Crippen LogP contribution < -0.4 is 5.32 Å². The van der Waals surface area contributed by atoms with Crippen LogP contribution in [0.1, 0.15) is 18.0 Å². The van der Waals surface area contributed by atoms with Crippen molar-refractivity contribution in [3.8, 4) is 0 Å². The van der Waals surface area contributed by atoms with Crippen molar-refractivity contribution in [2.24, 2.45) is 0 Å². The molecule has 0 aliphatic heterocycles. The van der Waals surface area contributed by atoms with E-state index in [2.05, 4.69) is 22.2 Å². The minimum absolute atomic E-state index is 0.235. The number of hydrogen-bond acceptors (Lipinski definition) is 4. The second-order valence-electron chi connectivity index (χ2n) is 2.98. The number of nitrogens with zero attached hydrogens (tertiary/aromatic N) is 2. The van der Waals surface area contributed by atoms with E-state index in [0.29, 0.717) is 0 Å². The number of rotatable bonds is 3. The van der Waals surface area contributed by atoms with Crippen LogP contribution in [0.15, 0.2) is 36.1 Å². The van der Waals surface area contributed by atoms with Gasteiger partial charge in [-0.3, -0.25) is 4.98 Å². The summed E-state index contributed by atoms with van der Waals surface area (Å²) in [7, 11) is 0. The molecule has 2 aromatic rings. The average Bonchev–Trinajstić information content (AvgIpc) is 2.72. The first-order valence-electron chi connectivity index (χ1n) is 4.42. The minimum atomic E-state index is 0.235. The second-order valence-corrected chi connectivity index (χ2v) is 3.90. The summed E-state index contributed by atoms with van der Waals surface area (Å²) in [6, 6.07) is 4.15. The van der Waals surface area contributed by atoms with Gasteiger partial charge in [0.25, 0.3) is 0 Å². The van der Waals surface area contributed by atoms with Gasteiger partial charge in [0, 0.05) is 24.0 Å². The number of thiazole rings is 1. The smallest absolute Gasteiger partial charge is 0.115 e. The largest absolute Gasteiger partial charge is 0.375 e. The van der Waals surface area contributed by atoms with E-state index in [1.165, 1.54) is 0 Å². The third-order valence-corrected chi connectivity index (χ3v) is 2.82. The van der Waals surface area contributed by atoms with Gasteiger partial charge < -0.3 is 5.32 Å². The molecule has 2 aromatic heterocycles. The number of aromatic nitrogens is 2. The van der Waals surface area contributed by atoms with E-state index in [-0.39, 0.29) is 6.04 Å². The average molecular weight is 205 g/mol. The molecule has 0 saturated carbocycles. The molecule has 3 nitrogen and oxygen atoms in total. The van der Waals surface area contributed by atoms with E-state index in [4.69, 9.17) is 0 Å². The Morgan fingerprint density at radius 2 is 2.36 bits per heavy atom. The minimum Gasteiger partial charge on any atom is -0.375 e. The first-order valence-corrected chi connectivity index (χ1v) is 5.30. The molecular formula is C10H11N3S. The van der Waals surface area contributed by atoms with Crippen LogP contribution in [0.4, 0.5) is 5.69 Å². The first-order chi connectivity index (χ1) is 6.86. The molecule has 14 heavy (non-hydrogen) atoms. The van der Waals surface area contributed by atoms with Gasteiger partial charge in [-0.05, 0) is 19.1 Å². The fourth-order valence-corrected chi connectivity index (χ4v) is 1.85. The number of pyridine rings is 1. The van der Waals surface area contributed by atoms with Crippen LogP contribution in [-0.2, 0) is 0 Å². The van der Waals surface area contributed by atoms with E-state index >= 15 is 0 Å². The summed E-state index contributed by atoms with van der Waals surface area (Å²) in [5.41, 5.74) is 1.02. The lowest BCUT2D eigenvalue weighted by atomic mass is 10.3.